The van der Waals surface area contributed by atoms with Crippen molar-refractivity contribution in [3.05, 3.63) is 58.3 Å². The summed E-state index contributed by atoms with van der Waals surface area (Å²) >= 11 is 5.77. The van der Waals surface area contributed by atoms with E-state index in [2.05, 4.69) is 15.2 Å². The van der Waals surface area contributed by atoms with Crippen molar-refractivity contribution in [1.29, 1.82) is 0 Å². The van der Waals surface area contributed by atoms with Crippen LogP contribution in [-0.4, -0.2) is 34.3 Å². The van der Waals surface area contributed by atoms with Gasteiger partial charge < -0.3 is 29.1 Å². The molecule has 5 rings (SSSR count). The molecule has 0 amide bonds. The van der Waals surface area contributed by atoms with Gasteiger partial charge in [-0.2, -0.15) is 0 Å². The summed E-state index contributed by atoms with van der Waals surface area (Å²) in [6, 6.07) is 9.81. The van der Waals surface area contributed by atoms with Crippen LogP contribution >= 0.6 is 12.2 Å². The third-order valence-electron chi connectivity index (χ3n) is 6.19. The van der Waals surface area contributed by atoms with Gasteiger partial charge in [0.25, 0.3) is 5.56 Å². The van der Waals surface area contributed by atoms with E-state index in [0.717, 1.165) is 29.5 Å². The van der Waals surface area contributed by atoms with E-state index in [4.69, 9.17) is 26.1 Å². The monoisotopic (exact) mass is 453 g/mol. The van der Waals surface area contributed by atoms with Crippen LogP contribution in [0.5, 0.6) is 11.5 Å². The Hall–Kier alpha value is -3.00. The van der Waals surface area contributed by atoms with Crippen molar-refractivity contribution in [2.45, 2.75) is 51.2 Å². The number of nitrogens with zero attached hydrogens (tertiary/aromatic N) is 1. The van der Waals surface area contributed by atoms with Crippen LogP contribution in [0.15, 0.2) is 45.8 Å². The quantitative estimate of drug-likeness (QED) is 0.563. The Morgan fingerprint density at radius 1 is 1.12 bits per heavy atom. The minimum atomic E-state index is -0.108. The zero-order valence-electron chi connectivity index (χ0n) is 17.9. The Balaban J connectivity index is 1.41. The molecule has 3 heterocycles. The van der Waals surface area contributed by atoms with Crippen LogP contribution in [0.2, 0.25) is 0 Å². The predicted octanol–water partition coefficient (Wildman–Crippen LogP) is 4.10. The maximum atomic E-state index is 13.0. The molecule has 2 aromatic heterocycles. The first-order chi connectivity index (χ1) is 15.7. The molecule has 0 unspecified atom stereocenters. The van der Waals surface area contributed by atoms with E-state index in [1.807, 2.05) is 30.3 Å². The van der Waals surface area contributed by atoms with Crippen LogP contribution in [0, 0.1) is 0 Å². The standard InChI is InChI=1S/C24H27N3O4S/c28-23-17(11-16-12-21-22(13-20(16)26-23)31-10-9-30-21)15-27(18-5-2-1-3-6-18)24(32)25-14-19-7-4-8-29-19/h4,7-8,11-13,18H,1-3,5-6,9-10,14-15H2,(H,25,32)(H,26,28). The van der Waals surface area contributed by atoms with Gasteiger partial charge in [-0.15, -0.1) is 0 Å². The van der Waals surface area contributed by atoms with Crippen LogP contribution in [0.1, 0.15) is 43.4 Å². The molecule has 3 aromatic rings. The Morgan fingerprint density at radius 3 is 2.66 bits per heavy atom. The van der Waals surface area contributed by atoms with E-state index >= 15 is 0 Å². The summed E-state index contributed by atoms with van der Waals surface area (Å²) in [5.74, 6) is 2.20. The summed E-state index contributed by atoms with van der Waals surface area (Å²) < 4.78 is 16.8. The van der Waals surface area contributed by atoms with Crippen LogP contribution in [-0.2, 0) is 13.1 Å². The number of benzene rings is 1. The predicted molar refractivity (Wildman–Crippen MR) is 126 cm³/mol. The fourth-order valence-corrected chi connectivity index (χ4v) is 4.81. The molecule has 0 atom stereocenters. The lowest BCUT2D eigenvalue weighted by Crippen LogP contribution is -2.46. The molecule has 1 aliphatic carbocycles. The Labute approximate surface area is 191 Å². The fraction of sp³-hybridized carbons (Fsp3) is 0.417. The van der Waals surface area contributed by atoms with E-state index in [9.17, 15) is 4.79 Å². The van der Waals surface area contributed by atoms with Crippen molar-refractivity contribution in [2.24, 2.45) is 0 Å². The van der Waals surface area contributed by atoms with Crippen LogP contribution in [0.4, 0.5) is 0 Å². The number of aromatic amines is 1. The average molecular weight is 454 g/mol. The molecule has 8 heteroatoms. The van der Waals surface area contributed by atoms with E-state index in [1.54, 1.807) is 6.26 Å². The number of furan rings is 1. The summed E-state index contributed by atoms with van der Waals surface area (Å²) in [7, 11) is 0. The van der Waals surface area contributed by atoms with Crippen molar-refractivity contribution in [3.8, 4) is 11.5 Å². The van der Waals surface area contributed by atoms with Crippen molar-refractivity contribution < 1.29 is 13.9 Å². The van der Waals surface area contributed by atoms with Crippen molar-refractivity contribution in [3.63, 3.8) is 0 Å². The molecule has 168 valence electrons. The first kappa shape index (κ1) is 20.9. The number of fused-ring (bicyclic) bond motifs is 2. The SMILES string of the molecule is O=c1[nH]c2cc3c(cc2cc1CN(C(=S)NCc1ccco1)C1CCCCC1)OCCO3. The Bertz CT molecular complexity index is 1150. The fourth-order valence-electron chi connectivity index (χ4n) is 4.53. The number of rotatable bonds is 5. The molecule has 2 N–H and O–H groups in total. The molecule has 32 heavy (non-hydrogen) atoms. The van der Waals surface area contributed by atoms with Gasteiger partial charge in [0.1, 0.15) is 19.0 Å². The van der Waals surface area contributed by atoms with Gasteiger partial charge in [-0.3, -0.25) is 4.79 Å². The highest BCUT2D eigenvalue weighted by Gasteiger charge is 2.25. The highest BCUT2D eigenvalue weighted by molar-refractivity contribution is 7.80. The minimum Gasteiger partial charge on any atom is -0.486 e. The van der Waals surface area contributed by atoms with Crippen LogP contribution in [0.3, 0.4) is 0 Å². The van der Waals surface area contributed by atoms with E-state index in [-0.39, 0.29) is 5.56 Å². The molecule has 0 radical (unpaired) electrons. The highest BCUT2D eigenvalue weighted by atomic mass is 32.1. The van der Waals surface area contributed by atoms with Gasteiger partial charge in [0.2, 0.25) is 0 Å². The molecule has 1 fully saturated rings. The molecule has 2 aliphatic rings. The van der Waals surface area contributed by atoms with Gasteiger partial charge in [0.05, 0.1) is 24.9 Å². The second kappa shape index (κ2) is 9.24. The maximum absolute atomic E-state index is 13.0. The molecule has 0 bridgehead atoms. The van der Waals surface area contributed by atoms with Crippen molar-refractivity contribution >= 4 is 28.2 Å². The first-order valence-corrected chi connectivity index (χ1v) is 11.6. The molecule has 1 aromatic carbocycles. The molecule has 1 aliphatic heterocycles. The van der Waals surface area contributed by atoms with Crippen LogP contribution < -0.4 is 20.3 Å². The lowest BCUT2D eigenvalue weighted by atomic mass is 9.94. The second-order valence-electron chi connectivity index (χ2n) is 8.36. The Kier molecular flexibility index (Phi) is 6.03. The van der Waals surface area contributed by atoms with E-state index < -0.39 is 0 Å². The van der Waals surface area contributed by atoms with Crippen molar-refractivity contribution in [2.75, 3.05) is 13.2 Å². The third kappa shape index (κ3) is 4.46. The van der Waals surface area contributed by atoms with E-state index in [0.29, 0.717) is 54.5 Å². The normalized spacial score (nSPS) is 16.1. The Morgan fingerprint density at radius 2 is 1.91 bits per heavy atom. The maximum Gasteiger partial charge on any atom is 0.253 e. The lowest BCUT2D eigenvalue weighted by Gasteiger charge is -2.36. The summed E-state index contributed by atoms with van der Waals surface area (Å²) in [5, 5.41) is 4.88. The molecular formula is C24H27N3O4S. The first-order valence-electron chi connectivity index (χ1n) is 11.2. The number of thiocarbonyl (C=S) groups is 1. The average Bonchev–Trinajstić information content (AvgIpc) is 3.34. The lowest BCUT2D eigenvalue weighted by molar-refractivity contribution is 0.172. The number of nitrogens with one attached hydrogen (secondary N) is 2. The topological polar surface area (TPSA) is 79.7 Å². The summed E-state index contributed by atoms with van der Waals surface area (Å²) in [6.45, 7) is 2.01. The number of hydrogen-bond donors (Lipinski definition) is 2. The molecule has 0 saturated heterocycles. The van der Waals surface area contributed by atoms with Crippen molar-refractivity contribution in [1.82, 2.24) is 15.2 Å². The van der Waals surface area contributed by atoms with Gasteiger partial charge in [-0.05, 0) is 49.3 Å². The van der Waals surface area contributed by atoms with Gasteiger partial charge in [0.15, 0.2) is 16.6 Å². The summed E-state index contributed by atoms with van der Waals surface area (Å²) in [6.07, 6.45) is 7.42. The van der Waals surface area contributed by atoms with Crippen LogP contribution in [0.25, 0.3) is 10.9 Å². The zero-order chi connectivity index (χ0) is 21.9. The molecular weight excluding hydrogens is 426 g/mol. The van der Waals surface area contributed by atoms with Gasteiger partial charge in [0, 0.05) is 23.1 Å². The third-order valence-corrected chi connectivity index (χ3v) is 6.57. The number of H-pyrrole nitrogens is 1. The van der Waals surface area contributed by atoms with E-state index in [1.165, 1.54) is 19.3 Å². The second-order valence-corrected chi connectivity index (χ2v) is 8.75. The number of aromatic nitrogens is 1. The molecule has 1 saturated carbocycles. The zero-order valence-corrected chi connectivity index (χ0v) is 18.7. The van der Waals surface area contributed by atoms with Gasteiger partial charge in [-0.1, -0.05) is 19.3 Å². The van der Waals surface area contributed by atoms with Gasteiger partial charge >= 0.3 is 0 Å². The molecule has 7 nitrogen and oxygen atoms in total. The number of hydrogen-bond acceptors (Lipinski definition) is 5. The largest absolute Gasteiger partial charge is 0.486 e. The number of ether oxygens (including phenoxy) is 2. The molecule has 0 spiro atoms. The summed E-state index contributed by atoms with van der Waals surface area (Å²) in [4.78, 5) is 18.1. The smallest absolute Gasteiger partial charge is 0.253 e. The summed E-state index contributed by atoms with van der Waals surface area (Å²) in [5.41, 5.74) is 1.32. The minimum absolute atomic E-state index is 0.108. The van der Waals surface area contributed by atoms with Gasteiger partial charge in [-0.25, -0.2) is 0 Å². The highest BCUT2D eigenvalue weighted by Crippen LogP contribution is 2.34. The number of pyridine rings is 1.